The number of rotatable bonds is 11. The Balaban J connectivity index is 1.87. The summed E-state index contributed by atoms with van der Waals surface area (Å²) in [5, 5.41) is 10.4. The summed E-state index contributed by atoms with van der Waals surface area (Å²) in [5.41, 5.74) is 5.51. The van der Waals surface area contributed by atoms with E-state index < -0.39 is 24.3 Å². The van der Waals surface area contributed by atoms with Crippen molar-refractivity contribution in [1.29, 1.82) is 0 Å². The Morgan fingerprint density at radius 1 is 1.30 bits per heavy atom. The van der Waals surface area contributed by atoms with Crippen LogP contribution in [0.4, 0.5) is 0 Å². The van der Waals surface area contributed by atoms with Gasteiger partial charge in [0.2, 0.25) is 0 Å². The van der Waals surface area contributed by atoms with Crippen LogP contribution in [0.15, 0.2) is 46.1 Å². The average Bonchev–Trinajstić information content (AvgIpc) is 3.08. The zero-order valence-corrected chi connectivity index (χ0v) is 20.6. The summed E-state index contributed by atoms with van der Waals surface area (Å²) in [6, 6.07) is 0. The maximum Gasteiger partial charge on any atom is 0.334 e. The van der Waals surface area contributed by atoms with Gasteiger partial charge in [0, 0.05) is 18.6 Å². The molecule has 6 heteroatoms. The van der Waals surface area contributed by atoms with Gasteiger partial charge in [-0.3, -0.25) is 9.59 Å². The maximum atomic E-state index is 11.5. The van der Waals surface area contributed by atoms with Crippen molar-refractivity contribution in [3.05, 3.63) is 46.1 Å². The number of aldehydes is 1. The zero-order valence-electron chi connectivity index (χ0n) is 20.6. The van der Waals surface area contributed by atoms with Crippen molar-refractivity contribution in [2.45, 2.75) is 98.4 Å². The monoisotopic (exact) mass is 458 g/mol. The van der Waals surface area contributed by atoms with E-state index in [9.17, 15) is 19.5 Å². The number of hydrogen-bond donors (Lipinski definition) is 1. The third-order valence-corrected chi connectivity index (χ3v) is 6.57. The standard InChI is InChI=1S/C27H38O6/c1-18(11-13-23-19(2)9-7-15-27(23,4)5)8-6-10-21(17-28)12-14-24(30)22-16-25(31)33-26(22)32-20(3)29/h8,12,16-17,24,26,30H,6-7,9-11,13-15H2,1-5H3/b18-8+,21-12+/t24-,26+/m1/s1. The van der Waals surface area contributed by atoms with Crippen molar-refractivity contribution in [3.8, 4) is 0 Å². The van der Waals surface area contributed by atoms with E-state index in [1.165, 1.54) is 31.8 Å². The van der Waals surface area contributed by atoms with Crippen LogP contribution < -0.4 is 0 Å². The molecule has 0 spiro atoms. The van der Waals surface area contributed by atoms with Gasteiger partial charge in [-0.15, -0.1) is 0 Å². The summed E-state index contributed by atoms with van der Waals surface area (Å²) in [4.78, 5) is 34.1. The summed E-state index contributed by atoms with van der Waals surface area (Å²) in [6.07, 6.45) is 10.8. The Hall–Kier alpha value is -2.47. The second-order valence-corrected chi connectivity index (χ2v) is 9.76. The number of hydrogen-bond acceptors (Lipinski definition) is 6. The van der Waals surface area contributed by atoms with Crippen LogP contribution in [-0.4, -0.2) is 35.7 Å². The fourth-order valence-corrected chi connectivity index (χ4v) is 4.65. The normalized spacial score (nSPS) is 22.1. The molecular weight excluding hydrogens is 420 g/mol. The molecule has 1 N–H and O–H groups in total. The second-order valence-electron chi connectivity index (χ2n) is 9.76. The van der Waals surface area contributed by atoms with Gasteiger partial charge in [-0.25, -0.2) is 4.79 Å². The molecule has 0 amide bonds. The molecule has 0 aromatic carbocycles. The fourth-order valence-electron chi connectivity index (χ4n) is 4.65. The minimum atomic E-state index is -1.21. The molecule has 2 rings (SSSR count). The number of cyclic esters (lactones) is 1. The molecule has 182 valence electrons. The van der Waals surface area contributed by atoms with Gasteiger partial charge in [-0.2, -0.15) is 0 Å². The predicted octanol–water partition coefficient (Wildman–Crippen LogP) is 5.27. The topological polar surface area (TPSA) is 89.9 Å². The van der Waals surface area contributed by atoms with E-state index in [4.69, 9.17) is 9.47 Å². The number of esters is 2. The molecule has 0 radical (unpaired) electrons. The summed E-state index contributed by atoms with van der Waals surface area (Å²) < 4.78 is 9.80. The highest BCUT2D eigenvalue weighted by molar-refractivity contribution is 5.86. The van der Waals surface area contributed by atoms with Crippen LogP contribution in [0.25, 0.3) is 0 Å². The van der Waals surface area contributed by atoms with Gasteiger partial charge in [0.15, 0.2) is 0 Å². The Labute approximate surface area is 197 Å². The van der Waals surface area contributed by atoms with E-state index in [2.05, 4.69) is 33.8 Å². The molecule has 0 aromatic rings. The van der Waals surface area contributed by atoms with Crippen molar-refractivity contribution in [1.82, 2.24) is 0 Å². The molecule has 1 aliphatic carbocycles. The quantitative estimate of drug-likeness (QED) is 0.196. The van der Waals surface area contributed by atoms with E-state index in [-0.39, 0.29) is 17.4 Å². The lowest BCUT2D eigenvalue weighted by Crippen LogP contribution is -2.25. The molecule has 2 aliphatic rings. The van der Waals surface area contributed by atoms with Gasteiger partial charge in [0.05, 0.1) is 6.10 Å². The highest BCUT2D eigenvalue weighted by Gasteiger charge is 2.33. The van der Waals surface area contributed by atoms with E-state index in [0.29, 0.717) is 12.0 Å². The fraction of sp³-hybridized carbons (Fsp3) is 0.593. The molecular formula is C27H38O6. The van der Waals surface area contributed by atoms with Crippen LogP contribution in [0.5, 0.6) is 0 Å². The average molecular weight is 459 g/mol. The lowest BCUT2D eigenvalue weighted by Gasteiger charge is -2.35. The second kappa shape index (κ2) is 12.1. The van der Waals surface area contributed by atoms with Crippen LogP contribution in [0.1, 0.15) is 86.0 Å². The lowest BCUT2D eigenvalue weighted by atomic mass is 9.71. The van der Waals surface area contributed by atoms with Gasteiger partial charge in [0.1, 0.15) is 6.29 Å². The number of carbonyl (C=O) groups excluding carboxylic acids is 3. The number of aliphatic hydroxyl groups is 1. The van der Waals surface area contributed by atoms with Gasteiger partial charge >= 0.3 is 11.9 Å². The maximum absolute atomic E-state index is 11.5. The Kier molecular flexibility index (Phi) is 9.84. The predicted molar refractivity (Wildman–Crippen MR) is 127 cm³/mol. The molecule has 0 aromatic heterocycles. The first-order valence-electron chi connectivity index (χ1n) is 11.8. The van der Waals surface area contributed by atoms with Crippen LogP contribution in [0.2, 0.25) is 0 Å². The molecule has 1 aliphatic heterocycles. The first-order chi connectivity index (χ1) is 15.5. The third kappa shape index (κ3) is 8.11. The Bertz CT molecular complexity index is 871. The summed E-state index contributed by atoms with van der Waals surface area (Å²) >= 11 is 0. The minimum absolute atomic E-state index is 0.125. The zero-order chi connectivity index (χ0) is 24.6. The first kappa shape index (κ1) is 26.8. The van der Waals surface area contributed by atoms with Crippen LogP contribution in [-0.2, 0) is 23.9 Å². The highest BCUT2D eigenvalue weighted by atomic mass is 16.7. The largest absolute Gasteiger partial charge is 0.421 e. The van der Waals surface area contributed by atoms with E-state index in [1.807, 2.05) is 0 Å². The van der Waals surface area contributed by atoms with Crippen molar-refractivity contribution in [3.63, 3.8) is 0 Å². The summed E-state index contributed by atoms with van der Waals surface area (Å²) in [6.45, 7) is 10.3. The van der Waals surface area contributed by atoms with Crippen molar-refractivity contribution >= 4 is 18.2 Å². The van der Waals surface area contributed by atoms with E-state index in [0.717, 1.165) is 31.6 Å². The molecule has 0 unspecified atom stereocenters. The smallest absolute Gasteiger partial charge is 0.334 e. The third-order valence-electron chi connectivity index (χ3n) is 6.57. The van der Waals surface area contributed by atoms with Gasteiger partial charge in [-0.1, -0.05) is 42.7 Å². The van der Waals surface area contributed by atoms with Crippen LogP contribution in [0, 0.1) is 5.41 Å². The van der Waals surface area contributed by atoms with E-state index >= 15 is 0 Å². The Morgan fingerprint density at radius 3 is 2.67 bits per heavy atom. The van der Waals surface area contributed by atoms with Crippen LogP contribution in [0.3, 0.4) is 0 Å². The number of ether oxygens (including phenoxy) is 2. The van der Waals surface area contributed by atoms with Gasteiger partial charge in [0.25, 0.3) is 6.29 Å². The molecule has 0 saturated heterocycles. The van der Waals surface area contributed by atoms with Crippen LogP contribution >= 0.6 is 0 Å². The molecule has 0 fully saturated rings. The van der Waals surface area contributed by atoms with Gasteiger partial charge < -0.3 is 14.6 Å². The van der Waals surface area contributed by atoms with Gasteiger partial charge in [-0.05, 0) is 76.2 Å². The lowest BCUT2D eigenvalue weighted by molar-refractivity contribution is -0.173. The Morgan fingerprint density at radius 2 is 2.03 bits per heavy atom. The molecule has 0 saturated carbocycles. The minimum Gasteiger partial charge on any atom is -0.421 e. The molecule has 6 nitrogen and oxygen atoms in total. The van der Waals surface area contributed by atoms with Crippen molar-refractivity contribution in [2.75, 3.05) is 0 Å². The molecule has 33 heavy (non-hydrogen) atoms. The summed E-state index contributed by atoms with van der Waals surface area (Å²) in [7, 11) is 0. The summed E-state index contributed by atoms with van der Waals surface area (Å²) in [5.74, 6) is -1.28. The highest BCUT2D eigenvalue weighted by Crippen LogP contribution is 2.42. The van der Waals surface area contributed by atoms with Crippen molar-refractivity contribution in [2.24, 2.45) is 5.41 Å². The number of aliphatic hydroxyl groups excluding tert-OH is 1. The molecule has 0 bridgehead atoms. The van der Waals surface area contributed by atoms with Crippen molar-refractivity contribution < 1.29 is 29.0 Å². The molecule has 2 atom stereocenters. The number of allylic oxidation sites excluding steroid dienone is 5. The molecule has 1 heterocycles. The first-order valence-corrected chi connectivity index (χ1v) is 11.8. The SMILES string of the molecule is CC(=O)O[C@H]1OC(=O)C=C1[C@H](O)C/C=C(/C=O)CC/C=C(\C)CCC1=C(C)CCCC1(C)C. The van der Waals surface area contributed by atoms with E-state index in [1.54, 1.807) is 17.2 Å². The number of carbonyl (C=O) groups is 3.